The number of benzene rings is 2. The predicted molar refractivity (Wildman–Crippen MR) is 114 cm³/mol. The van der Waals surface area contributed by atoms with Crippen LogP contribution in [0.25, 0.3) is 0 Å². The quantitative estimate of drug-likeness (QED) is 0.601. The lowest BCUT2D eigenvalue weighted by Crippen LogP contribution is -2.29. The van der Waals surface area contributed by atoms with Crippen molar-refractivity contribution in [1.29, 1.82) is 0 Å². The van der Waals surface area contributed by atoms with Crippen molar-refractivity contribution >= 4 is 11.6 Å². The number of amides is 1. The summed E-state index contributed by atoms with van der Waals surface area (Å²) < 4.78 is 5.55. The van der Waals surface area contributed by atoms with E-state index < -0.39 is 0 Å². The van der Waals surface area contributed by atoms with Crippen LogP contribution in [-0.2, 0) is 6.54 Å². The van der Waals surface area contributed by atoms with E-state index in [9.17, 15) is 4.79 Å². The van der Waals surface area contributed by atoms with Gasteiger partial charge in [0.1, 0.15) is 5.75 Å². The third-order valence-electron chi connectivity index (χ3n) is 4.60. The van der Waals surface area contributed by atoms with Crippen molar-refractivity contribution in [3.63, 3.8) is 0 Å². The average molecular weight is 390 g/mol. The molecule has 0 radical (unpaired) electrons. The summed E-state index contributed by atoms with van der Waals surface area (Å²) in [5.74, 6) is 0.456. The molecule has 1 aromatic heterocycles. The van der Waals surface area contributed by atoms with Crippen LogP contribution in [0.15, 0.2) is 67.0 Å². The molecule has 29 heavy (non-hydrogen) atoms. The van der Waals surface area contributed by atoms with Gasteiger partial charge in [-0.05, 0) is 68.4 Å². The van der Waals surface area contributed by atoms with Crippen LogP contribution >= 0.6 is 0 Å². The summed E-state index contributed by atoms with van der Waals surface area (Å²) in [5, 5.41) is 2.90. The van der Waals surface area contributed by atoms with Gasteiger partial charge >= 0.3 is 6.01 Å². The minimum absolute atomic E-state index is 0.146. The Bertz CT molecular complexity index is 910. The normalized spacial score (nSPS) is 10.9. The zero-order chi connectivity index (χ0) is 20.6. The highest BCUT2D eigenvalue weighted by atomic mass is 16.5. The molecule has 0 saturated heterocycles. The highest BCUT2D eigenvalue weighted by molar-refractivity contribution is 6.04. The maximum absolute atomic E-state index is 12.5. The third kappa shape index (κ3) is 5.86. The summed E-state index contributed by atoms with van der Waals surface area (Å²) >= 11 is 0. The molecule has 0 aliphatic rings. The molecule has 0 spiro atoms. The summed E-state index contributed by atoms with van der Waals surface area (Å²) in [6.07, 6.45) is 3.23. The number of hydrogen-bond acceptors (Lipinski definition) is 5. The zero-order valence-electron chi connectivity index (χ0n) is 17.0. The lowest BCUT2D eigenvalue weighted by Gasteiger charge is -2.24. The van der Waals surface area contributed by atoms with Gasteiger partial charge in [0, 0.05) is 36.2 Å². The minimum Gasteiger partial charge on any atom is -0.424 e. The number of rotatable bonds is 8. The van der Waals surface area contributed by atoms with Gasteiger partial charge < -0.3 is 10.1 Å². The molecule has 2 aromatic carbocycles. The fraction of sp³-hybridized carbons (Fsp3) is 0.261. The minimum atomic E-state index is -0.146. The van der Waals surface area contributed by atoms with Crippen LogP contribution < -0.4 is 10.1 Å². The Morgan fingerprint density at radius 2 is 1.69 bits per heavy atom. The van der Waals surface area contributed by atoms with Crippen LogP contribution in [-0.4, -0.2) is 33.4 Å². The number of carbonyl (C=O) groups excluding carboxylic acids is 1. The largest absolute Gasteiger partial charge is 0.424 e. The van der Waals surface area contributed by atoms with Crippen molar-refractivity contribution in [2.45, 2.75) is 33.4 Å². The zero-order valence-corrected chi connectivity index (χ0v) is 17.0. The van der Waals surface area contributed by atoms with Crippen LogP contribution in [0.3, 0.4) is 0 Å². The molecule has 0 atom stereocenters. The molecule has 0 bridgehead atoms. The molecule has 1 amide bonds. The summed E-state index contributed by atoms with van der Waals surface area (Å²) in [5.41, 5.74) is 2.51. The number of anilines is 1. The molecule has 0 aliphatic carbocycles. The first-order valence-corrected chi connectivity index (χ1v) is 9.74. The molecular formula is C23H26N4O2. The SMILES string of the molecule is CCN(Cc1ccc(C(=O)Nc2ccc(Oc3ncccn3)cc2)cc1)C(C)C. The van der Waals surface area contributed by atoms with E-state index >= 15 is 0 Å². The molecular weight excluding hydrogens is 364 g/mol. The standard InChI is InChI=1S/C23H26N4O2/c1-4-27(17(2)3)16-18-6-8-19(9-7-18)22(28)26-20-10-12-21(13-11-20)29-23-24-14-5-15-25-23/h5-15,17H,4,16H2,1-3H3,(H,26,28). The van der Waals surface area contributed by atoms with Crippen molar-refractivity contribution < 1.29 is 9.53 Å². The maximum Gasteiger partial charge on any atom is 0.321 e. The van der Waals surface area contributed by atoms with E-state index in [-0.39, 0.29) is 11.9 Å². The van der Waals surface area contributed by atoms with Gasteiger partial charge in [0.25, 0.3) is 5.91 Å². The molecule has 0 fully saturated rings. The highest BCUT2D eigenvalue weighted by Gasteiger charge is 2.10. The topological polar surface area (TPSA) is 67.4 Å². The van der Waals surface area contributed by atoms with Crippen LogP contribution in [0.2, 0.25) is 0 Å². The summed E-state index contributed by atoms with van der Waals surface area (Å²) in [7, 11) is 0. The fourth-order valence-corrected chi connectivity index (χ4v) is 2.91. The molecule has 3 aromatic rings. The number of nitrogens with one attached hydrogen (secondary N) is 1. The van der Waals surface area contributed by atoms with E-state index in [0.717, 1.165) is 13.1 Å². The highest BCUT2D eigenvalue weighted by Crippen LogP contribution is 2.20. The van der Waals surface area contributed by atoms with Crippen LogP contribution in [0, 0.1) is 0 Å². The Balaban J connectivity index is 1.58. The second-order valence-electron chi connectivity index (χ2n) is 6.97. The molecule has 0 aliphatic heterocycles. The van der Waals surface area contributed by atoms with Crippen molar-refractivity contribution in [2.75, 3.05) is 11.9 Å². The van der Waals surface area contributed by atoms with Gasteiger partial charge in [-0.3, -0.25) is 9.69 Å². The van der Waals surface area contributed by atoms with Gasteiger partial charge in [0.15, 0.2) is 0 Å². The van der Waals surface area contributed by atoms with E-state index in [1.54, 1.807) is 42.7 Å². The van der Waals surface area contributed by atoms with Crippen LogP contribution in [0.4, 0.5) is 5.69 Å². The Morgan fingerprint density at radius 3 is 2.28 bits per heavy atom. The molecule has 150 valence electrons. The molecule has 0 unspecified atom stereocenters. The number of ether oxygens (including phenoxy) is 1. The maximum atomic E-state index is 12.5. The summed E-state index contributed by atoms with van der Waals surface area (Å²) in [4.78, 5) is 22.9. The van der Waals surface area contributed by atoms with Gasteiger partial charge in [-0.1, -0.05) is 19.1 Å². The predicted octanol–water partition coefficient (Wildman–Crippen LogP) is 4.75. The van der Waals surface area contributed by atoms with E-state index in [1.165, 1.54) is 5.56 Å². The second-order valence-corrected chi connectivity index (χ2v) is 6.97. The third-order valence-corrected chi connectivity index (χ3v) is 4.60. The van der Waals surface area contributed by atoms with Gasteiger partial charge in [-0.2, -0.15) is 0 Å². The number of nitrogens with zero attached hydrogens (tertiary/aromatic N) is 3. The lowest BCUT2D eigenvalue weighted by molar-refractivity contribution is 0.102. The van der Waals surface area contributed by atoms with E-state index in [1.807, 2.05) is 24.3 Å². The molecule has 3 rings (SSSR count). The van der Waals surface area contributed by atoms with Crippen molar-refractivity contribution in [3.05, 3.63) is 78.1 Å². The van der Waals surface area contributed by atoms with E-state index in [2.05, 4.69) is 41.0 Å². The van der Waals surface area contributed by atoms with E-state index in [4.69, 9.17) is 4.74 Å². The average Bonchev–Trinajstić information content (AvgIpc) is 2.74. The molecule has 1 heterocycles. The number of aromatic nitrogens is 2. The van der Waals surface area contributed by atoms with Gasteiger partial charge in [0.2, 0.25) is 0 Å². The first-order chi connectivity index (χ1) is 14.0. The number of carbonyl (C=O) groups is 1. The summed E-state index contributed by atoms with van der Waals surface area (Å²) in [6, 6.07) is 17.3. The van der Waals surface area contributed by atoms with Crippen molar-refractivity contribution in [2.24, 2.45) is 0 Å². The van der Waals surface area contributed by atoms with Crippen molar-refractivity contribution in [3.8, 4) is 11.8 Å². The summed E-state index contributed by atoms with van der Waals surface area (Å²) in [6.45, 7) is 8.41. The van der Waals surface area contributed by atoms with E-state index in [0.29, 0.717) is 23.0 Å². The Labute approximate surface area is 171 Å². The number of hydrogen-bond donors (Lipinski definition) is 1. The Hall–Kier alpha value is -3.25. The van der Waals surface area contributed by atoms with Crippen molar-refractivity contribution in [1.82, 2.24) is 14.9 Å². The Kier molecular flexibility index (Phi) is 6.92. The first-order valence-electron chi connectivity index (χ1n) is 9.74. The van der Waals surface area contributed by atoms with Crippen LogP contribution in [0.1, 0.15) is 36.7 Å². The monoisotopic (exact) mass is 390 g/mol. The molecule has 0 saturated carbocycles. The molecule has 1 N–H and O–H groups in total. The van der Waals surface area contributed by atoms with Crippen LogP contribution in [0.5, 0.6) is 11.8 Å². The van der Waals surface area contributed by atoms with Gasteiger partial charge in [-0.15, -0.1) is 0 Å². The van der Waals surface area contributed by atoms with Gasteiger partial charge in [0.05, 0.1) is 0 Å². The Morgan fingerprint density at radius 1 is 1.03 bits per heavy atom. The smallest absolute Gasteiger partial charge is 0.321 e. The lowest BCUT2D eigenvalue weighted by atomic mass is 10.1. The molecule has 6 heteroatoms. The molecule has 6 nitrogen and oxygen atoms in total. The fourth-order valence-electron chi connectivity index (χ4n) is 2.91. The van der Waals surface area contributed by atoms with Gasteiger partial charge in [-0.25, -0.2) is 9.97 Å². The second kappa shape index (κ2) is 9.80. The first kappa shape index (κ1) is 20.5.